The molecule has 25 heavy (non-hydrogen) atoms. The first-order chi connectivity index (χ1) is 12.0. The minimum Gasteiger partial charge on any atom is -0.456 e. The molecule has 2 heterocycles. The number of nitrogens with zero attached hydrogens (tertiary/aromatic N) is 1. The summed E-state index contributed by atoms with van der Waals surface area (Å²) in [5.74, 6) is 0.947. The highest BCUT2D eigenvalue weighted by atomic mass is 16.3. The van der Waals surface area contributed by atoms with Crippen LogP contribution < -0.4 is 5.32 Å². The van der Waals surface area contributed by atoms with Crippen LogP contribution in [0.3, 0.4) is 0 Å². The molecule has 3 rings (SSSR count). The van der Waals surface area contributed by atoms with Gasteiger partial charge in [-0.05, 0) is 49.4 Å². The normalized spacial score (nSPS) is 16.1. The summed E-state index contributed by atoms with van der Waals surface area (Å²) in [6.45, 7) is 6.93. The Labute approximate surface area is 148 Å². The van der Waals surface area contributed by atoms with Crippen molar-refractivity contribution in [1.29, 1.82) is 0 Å². The van der Waals surface area contributed by atoms with E-state index in [0.29, 0.717) is 12.3 Å². The maximum atomic E-state index is 12.3. The molecular formula is C20H26N2O3. The second kappa shape index (κ2) is 7.85. The van der Waals surface area contributed by atoms with Crippen LogP contribution in [0.5, 0.6) is 0 Å². The molecule has 0 bridgehead atoms. The quantitative estimate of drug-likeness (QED) is 0.877. The van der Waals surface area contributed by atoms with E-state index in [9.17, 15) is 9.90 Å². The number of nitrogens with one attached hydrogen (secondary N) is 1. The molecule has 0 unspecified atom stereocenters. The molecule has 0 atom stereocenters. The monoisotopic (exact) mass is 342 g/mol. The lowest BCUT2D eigenvalue weighted by atomic mass is 10.0. The van der Waals surface area contributed by atoms with Crippen LogP contribution in [0.25, 0.3) is 0 Å². The summed E-state index contributed by atoms with van der Waals surface area (Å²) in [5, 5.41) is 12.6. The highest BCUT2D eigenvalue weighted by Gasteiger charge is 2.18. The number of hydrogen-bond acceptors (Lipinski definition) is 4. The number of piperidine rings is 1. The Morgan fingerprint density at radius 3 is 2.56 bits per heavy atom. The van der Waals surface area contributed by atoms with Crippen molar-refractivity contribution < 1.29 is 14.3 Å². The largest absolute Gasteiger partial charge is 0.456 e. The van der Waals surface area contributed by atoms with Gasteiger partial charge in [0.05, 0.1) is 6.10 Å². The van der Waals surface area contributed by atoms with Crippen molar-refractivity contribution in [2.75, 3.05) is 13.1 Å². The number of aliphatic hydroxyl groups is 1. The minimum atomic E-state index is -0.188. The summed E-state index contributed by atoms with van der Waals surface area (Å²) in [7, 11) is 0. The van der Waals surface area contributed by atoms with E-state index in [1.165, 1.54) is 5.56 Å². The SMILES string of the molecule is Cc1cc(C(=O)NCc2ccccc2CN2CCC(O)CC2)oc1C. The fourth-order valence-electron chi connectivity index (χ4n) is 3.15. The average Bonchev–Trinajstić information content (AvgIpc) is 2.95. The molecule has 0 saturated carbocycles. The highest BCUT2D eigenvalue weighted by Crippen LogP contribution is 2.17. The van der Waals surface area contributed by atoms with Crippen molar-refractivity contribution >= 4 is 5.91 Å². The Bertz CT molecular complexity index is 711. The lowest BCUT2D eigenvalue weighted by Crippen LogP contribution is -2.35. The molecule has 0 spiro atoms. The standard InChI is InChI=1S/C20H26N2O3/c1-14-11-19(25-15(14)2)20(24)21-12-16-5-3-4-6-17(16)13-22-9-7-18(23)8-10-22/h3-6,11,18,23H,7-10,12-13H2,1-2H3,(H,21,24). The molecule has 5 nitrogen and oxygen atoms in total. The predicted octanol–water partition coefficient (Wildman–Crippen LogP) is 2.78. The van der Waals surface area contributed by atoms with Crippen molar-refractivity contribution in [3.8, 4) is 0 Å². The maximum Gasteiger partial charge on any atom is 0.287 e. The summed E-state index contributed by atoms with van der Waals surface area (Å²) in [6.07, 6.45) is 1.50. The number of aryl methyl sites for hydroxylation is 2. The molecule has 134 valence electrons. The minimum absolute atomic E-state index is 0.161. The molecule has 0 radical (unpaired) electrons. The molecule has 5 heteroatoms. The number of rotatable bonds is 5. The van der Waals surface area contributed by atoms with Gasteiger partial charge in [0.25, 0.3) is 5.91 Å². The van der Waals surface area contributed by atoms with Crippen molar-refractivity contribution in [1.82, 2.24) is 10.2 Å². The van der Waals surface area contributed by atoms with E-state index in [1.54, 1.807) is 6.07 Å². The number of likely N-dealkylation sites (tertiary alicyclic amines) is 1. The van der Waals surface area contributed by atoms with Gasteiger partial charge in [0, 0.05) is 26.2 Å². The van der Waals surface area contributed by atoms with Gasteiger partial charge in [-0.2, -0.15) is 0 Å². The zero-order valence-electron chi connectivity index (χ0n) is 14.9. The van der Waals surface area contributed by atoms with E-state index in [2.05, 4.69) is 16.3 Å². The number of aliphatic hydroxyl groups excluding tert-OH is 1. The number of furan rings is 1. The third-order valence-corrected chi connectivity index (χ3v) is 4.90. The summed E-state index contributed by atoms with van der Waals surface area (Å²) >= 11 is 0. The average molecular weight is 342 g/mol. The van der Waals surface area contributed by atoms with Gasteiger partial charge in [-0.15, -0.1) is 0 Å². The van der Waals surface area contributed by atoms with Gasteiger partial charge >= 0.3 is 0 Å². The first kappa shape index (κ1) is 17.7. The predicted molar refractivity (Wildman–Crippen MR) is 96.3 cm³/mol. The molecule has 1 aromatic heterocycles. The van der Waals surface area contributed by atoms with Crippen LogP contribution in [0.15, 0.2) is 34.7 Å². The Kier molecular flexibility index (Phi) is 5.56. The molecule has 1 fully saturated rings. The zero-order chi connectivity index (χ0) is 17.8. The lowest BCUT2D eigenvalue weighted by Gasteiger charge is -2.30. The van der Waals surface area contributed by atoms with E-state index >= 15 is 0 Å². The molecule has 2 N–H and O–H groups in total. The topological polar surface area (TPSA) is 65.7 Å². The summed E-state index contributed by atoms with van der Waals surface area (Å²) in [4.78, 5) is 14.6. The third-order valence-electron chi connectivity index (χ3n) is 4.90. The number of amides is 1. The second-order valence-corrected chi connectivity index (χ2v) is 6.81. The van der Waals surface area contributed by atoms with E-state index < -0.39 is 0 Å². The van der Waals surface area contributed by atoms with E-state index in [-0.39, 0.29) is 12.0 Å². The number of carbonyl (C=O) groups is 1. The fourth-order valence-corrected chi connectivity index (χ4v) is 3.15. The van der Waals surface area contributed by atoms with Crippen LogP contribution in [0, 0.1) is 13.8 Å². The smallest absolute Gasteiger partial charge is 0.287 e. The van der Waals surface area contributed by atoms with Crippen molar-refractivity contribution in [2.45, 2.75) is 45.9 Å². The summed E-state index contributed by atoms with van der Waals surface area (Å²) in [5.41, 5.74) is 3.31. The van der Waals surface area contributed by atoms with Crippen molar-refractivity contribution in [3.05, 3.63) is 58.5 Å². The lowest BCUT2D eigenvalue weighted by molar-refractivity contribution is 0.0790. The Morgan fingerprint density at radius 2 is 1.92 bits per heavy atom. The molecule has 0 aliphatic carbocycles. The van der Waals surface area contributed by atoms with Gasteiger partial charge in [0.1, 0.15) is 5.76 Å². The van der Waals surface area contributed by atoms with E-state index in [1.807, 2.05) is 32.0 Å². The van der Waals surface area contributed by atoms with Crippen molar-refractivity contribution in [3.63, 3.8) is 0 Å². The van der Waals surface area contributed by atoms with Crippen LogP contribution >= 0.6 is 0 Å². The molecule has 1 amide bonds. The van der Waals surface area contributed by atoms with E-state index in [0.717, 1.165) is 49.4 Å². The molecular weight excluding hydrogens is 316 g/mol. The van der Waals surface area contributed by atoms with Crippen LogP contribution in [0.2, 0.25) is 0 Å². The second-order valence-electron chi connectivity index (χ2n) is 6.81. The van der Waals surface area contributed by atoms with E-state index in [4.69, 9.17) is 4.42 Å². The van der Waals surface area contributed by atoms with Crippen LogP contribution in [-0.4, -0.2) is 35.1 Å². The molecule has 1 aliphatic rings. The van der Waals surface area contributed by atoms with Crippen molar-refractivity contribution in [2.24, 2.45) is 0 Å². The molecule has 1 aromatic carbocycles. The highest BCUT2D eigenvalue weighted by molar-refractivity contribution is 5.91. The summed E-state index contributed by atoms with van der Waals surface area (Å²) in [6, 6.07) is 9.95. The molecule has 1 aliphatic heterocycles. The first-order valence-electron chi connectivity index (χ1n) is 8.85. The van der Waals surface area contributed by atoms with Gasteiger partial charge in [0.2, 0.25) is 0 Å². The summed E-state index contributed by atoms with van der Waals surface area (Å²) < 4.78 is 5.48. The number of hydrogen-bond donors (Lipinski definition) is 2. The Hall–Kier alpha value is -2.11. The van der Waals surface area contributed by atoms with Crippen LogP contribution in [0.1, 0.15) is 45.8 Å². The van der Waals surface area contributed by atoms with Gasteiger partial charge in [0.15, 0.2) is 5.76 Å². The first-order valence-corrected chi connectivity index (χ1v) is 8.85. The third kappa shape index (κ3) is 4.50. The van der Waals surface area contributed by atoms with Gasteiger partial charge in [-0.25, -0.2) is 0 Å². The Balaban J connectivity index is 1.61. The maximum absolute atomic E-state index is 12.3. The van der Waals surface area contributed by atoms with Crippen LogP contribution in [-0.2, 0) is 13.1 Å². The zero-order valence-corrected chi connectivity index (χ0v) is 14.9. The molecule has 2 aromatic rings. The van der Waals surface area contributed by atoms with Crippen LogP contribution in [0.4, 0.5) is 0 Å². The fraction of sp³-hybridized carbons (Fsp3) is 0.450. The van der Waals surface area contributed by atoms with Gasteiger partial charge < -0.3 is 14.8 Å². The molecule has 1 saturated heterocycles. The Morgan fingerprint density at radius 1 is 1.24 bits per heavy atom. The number of carbonyl (C=O) groups excluding carboxylic acids is 1. The number of benzene rings is 1. The van der Waals surface area contributed by atoms with Gasteiger partial charge in [-0.3, -0.25) is 9.69 Å². The van der Waals surface area contributed by atoms with Gasteiger partial charge in [-0.1, -0.05) is 24.3 Å².